The minimum absolute atomic E-state index is 0. The van der Waals surface area contributed by atoms with Crippen molar-refractivity contribution in [1.29, 1.82) is 31.6 Å². The van der Waals surface area contributed by atoms with Gasteiger partial charge in [-0.15, -0.1) is 0 Å². The van der Waals surface area contributed by atoms with Crippen LogP contribution in [-0.4, -0.2) is 0 Å². The van der Waals surface area contributed by atoms with Crippen molar-refractivity contribution in [2.75, 3.05) is 0 Å². The molecule has 0 heterocycles. The monoisotopic (exact) mass is 258 g/mol. The summed E-state index contributed by atoms with van der Waals surface area (Å²) in [5, 5.41) is 51.5. The zero-order chi connectivity index (χ0) is 10.7. The van der Waals surface area contributed by atoms with E-state index < -0.39 is 10.7 Å². The van der Waals surface area contributed by atoms with Gasteiger partial charge in [0, 0.05) is 0 Å². The number of nitriles is 6. The third kappa shape index (κ3) is 2.04. The number of hydrogen-bond acceptors (Lipinski definition) is 6. The predicted octanol–water partition coefficient (Wildman–Crippen LogP) is -5.89. The van der Waals surface area contributed by atoms with Crippen LogP contribution in [0.2, 0.25) is 0 Å². The fraction of sp³-hybridized carbons (Fsp3) is 0. The summed E-state index contributed by atoms with van der Waals surface area (Å²) >= 11 is 0. The molecule has 0 saturated carbocycles. The maximum absolute atomic E-state index is 8.58. The molecule has 0 rings (SSSR count). The minimum Gasteiger partial charge on any atom is 1.00 e. The van der Waals surface area contributed by atoms with Gasteiger partial charge in [0.05, 0.1) is 0 Å². The Balaban J connectivity index is -0.000000720. The van der Waals surface area contributed by atoms with Crippen molar-refractivity contribution < 1.29 is 69.8 Å². The van der Waals surface area contributed by atoms with Crippen molar-refractivity contribution in [1.82, 2.24) is 0 Å². The fourth-order valence-corrected chi connectivity index (χ4v) is 1.09. The van der Waals surface area contributed by atoms with Gasteiger partial charge >= 0.3 is 131 Å². The number of hydrogen-bond donors (Lipinski definition) is 0. The van der Waals surface area contributed by atoms with Crippen molar-refractivity contribution in [2.45, 2.75) is 0 Å². The molecule has 0 aliphatic rings. The van der Waals surface area contributed by atoms with Crippen molar-refractivity contribution in [2.24, 2.45) is 0 Å². The summed E-state index contributed by atoms with van der Waals surface area (Å²) in [5.41, 5.74) is 0. The van der Waals surface area contributed by atoms with Crippen molar-refractivity contribution >= 4 is 0 Å². The van der Waals surface area contributed by atoms with Crippen LogP contribution >= 0.6 is 0 Å². The molecule has 15 heavy (non-hydrogen) atoms. The van der Waals surface area contributed by atoms with E-state index in [0.29, 0.717) is 0 Å². The zero-order valence-electron chi connectivity index (χ0n) is 8.04. The van der Waals surface area contributed by atoms with Crippen LogP contribution < -0.4 is 59.1 Å². The molecule has 0 aromatic rings. The number of nitrogens with zero attached hydrogens (tertiary/aromatic N) is 6. The van der Waals surface area contributed by atoms with Crippen LogP contribution in [0.15, 0.2) is 0 Å². The molecule has 9 heteroatoms. The standard InChI is InChI=1S/6CN.Fe.2Na/c6*1-2;;;/q;;;;;;-2;2*+1. The van der Waals surface area contributed by atoms with E-state index in [1.807, 2.05) is 0 Å². The Hall–Kier alpha value is -0.541. The topological polar surface area (TPSA) is 143 Å². The van der Waals surface area contributed by atoms with Crippen molar-refractivity contribution in [3.05, 3.63) is 0 Å². The van der Waals surface area contributed by atoms with E-state index in [4.69, 9.17) is 31.6 Å². The van der Waals surface area contributed by atoms with Gasteiger partial charge < -0.3 is 0 Å². The van der Waals surface area contributed by atoms with Gasteiger partial charge in [-0.05, 0) is 0 Å². The Morgan fingerprint density at radius 3 is 0.600 bits per heavy atom. The molecule has 0 aromatic carbocycles. The van der Waals surface area contributed by atoms with Crippen LogP contribution in [0, 0.1) is 61.4 Å². The Morgan fingerprint density at radius 1 is 0.467 bits per heavy atom. The van der Waals surface area contributed by atoms with Gasteiger partial charge in [-0.1, -0.05) is 0 Å². The molecule has 64 valence electrons. The van der Waals surface area contributed by atoms with E-state index in [1.165, 1.54) is 0 Å². The first-order valence-corrected chi connectivity index (χ1v) is 5.71. The van der Waals surface area contributed by atoms with E-state index in [1.54, 1.807) is 0 Å². The van der Waals surface area contributed by atoms with Crippen LogP contribution in [-0.2, 0) is 10.7 Å². The molecule has 0 aliphatic heterocycles. The summed E-state index contributed by atoms with van der Waals surface area (Å²) in [6, 6.07) is 0. The Bertz CT molecular complexity index is 395. The van der Waals surface area contributed by atoms with E-state index in [2.05, 4.69) is 0 Å². The van der Waals surface area contributed by atoms with Crippen molar-refractivity contribution in [3.8, 4) is 29.8 Å². The van der Waals surface area contributed by atoms with Crippen LogP contribution in [0.1, 0.15) is 0 Å². The van der Waals surface area contributed by atoms with Crippen LogP contribution in [0.5, 0.6) is 0 Å². The molecule has 0 unspecified atom stereocenters. The molecule has 0 atom stereocenters. The molecular weight excluding hydrogens is 258 g/mol. The van der Waals surface area contributed by atoms with E-state index >= 15 is 0 Å². The second-order valence-electron chi connectivity index (χ2n) is 1.80. The first-order valence-electron chi connectivity index (χ1n) is 2.40. The van der Waals surface area contributed by atoms with Gasteiger partial charge in [-0.3, -0.25) is 0 Å². The summed E-state index contributed by atoms with van der Waals surface area (Å²) < 4.78 is 0. The van der Waals surface area contributed by atoms with Gasteiger partial charge in [0.2, 0.25) is 0 Å². The first kappa shape index (κ1) is 19.9. The normalized spacial score (nSPS) is 11.6. The quantitative estimate of drug-likeness (QED) is 0.396. The van der Waals surface area contributed by atoms with E-state index in [9.17, 15) is 0 Å². The van der Waals surface area contributed by atoms with Gasteiger partial charge in [0.15, 0.2) is 0 Å². The average molecular weight is 258 g/mol. The molecule has 0 bridgehead atoms. The van der Waals surface area contributed by atoms with Crippen LogP contribution in [0.3, 0.4) is 0 Å². The molecule has 6 nitrogen and oxygen atoms in total. The molecule has 0 amide bonds. The largest absolute Gasteiger partial charge is 1.00 e. The Morgan fingerprint density at radius 2 is 0.600 bits per heavy atom. The number of rotatable bonds is 0. The fourth-order valence-electron chi connectivity index (χ4n) is 0.265. The van der Waals surface area contributed by atoms with Gasteiger partial charge in [-0.25, -0.2) is 0 Å². The molecule has 0 radical (unpaired) electrons. The van der Waals surface area contributed by atoms with Crippen LogP contribution in [0.25, 0.3) is 0 Å². The van der Waals surface area contributed by atoms with Crippen molar-refractivity contribution in [3.63, 3.8) is 0 Å². The smallest absolute Gasteiger partial charge is 1.00 e. The first-order chi connectivity index (χ1) is 5.97. The second-order valence-corrected chi connectivity index (χ2v) is 7.42. The SMILES string of the molecule is N#[C][Fe-2]([C]#N)([C]#N)([C]#N)([C]#N)[C]#N.[Na+].[Na+]. The molecule has 0 saturated heterocycles. The Kier molecular flexibility index (Phi) is 6.64. The summed E-state index contributed by atoms with van der Waals surface area (Å²) in [7, 11) is -6.17. The predicted molar refractivity (Wildman–Crippen MR) is 33.7 cm³/mol. The second kappa shape index (κ2) is 4.99. The third-order valence-corrected chi connectivity index (χ3v) is 4.89. The van der Waals surface area contributed by atoms with Gasteiger partial charge in [0.25, 0.3) is 0 Å². The molecule has 0 fully saturated rings. The van der Waals surface area contributed by atoms with Crippen LogP contribution in [0.4, 0.5) is 0 Å². The minimum atomic E-state index is -6.17. The molecular formula is C6FeN6Na2. The molecule has 0 spiro atoms. The van der Waals surface area contributed by atoms with Gasteiger partial charge in [-0.2, -0.15) is 0 Å². The summed E-state index contributed by atoms with van der Waals surface area (Å²) in [6.45, 7) is 0. The summed E-state index contributed by atoms with van der Waals surface area (Å²) in [6.07, 6.45) is 0. The maximum Gasteiger partial charge on any atom is 1.00 e. The summed E-state index contributed by atoms with van der Waals surface area (Å²) in [5.74, 6) is 0. The Labute approximate surface area is 129 Å². The third-order valence-electron chi connectivity index (χ3n) is 1.19. The average Bonchev–Trinajstić information content (AvgIpc) is 2.26. The molecule has 0 aromatic heterocycles. The van der Waals surface area contributed by atoms with E-state index in [-0.39, 0.29) is 59.1 Å². The summed E-state index contributed by atoms with van der Waals surface area (Å²) in [4.78, 5) is 6.19. The maximum atomic E-state index is 8.58. The molecule has 0 aliphatic carbocycles. The molecule has 0 N–H and O–H groups in total. The van der Waals surface area contributed by atoms with E-state index in [0.717, 1.165) is 29.8 Å². The zero-order valence-corrected chi connectivity index (χ0v) is 13.1. The van der Waals surface area contributed by atoms with Gasteiger partial charge in [0.1, 0.15) is 0 Å².